The molecule has 0 radical (unpaired) electrons. The maximum absolute atomic E-state index is 11.9. The highest BCUT2D eigenvalue weighted by Crippen LogP contribution is 2.01. The van der Waals surface area contributed by atoms with Gasteiger partial charge in [0.2, 0.25) is 17.7 Å². The lowest BCUT2D eigenvalue weighted by Crippen LogP contribution is -2.42. The zero-order chi connectivity index (χ0) is 25.4. The Morgan fingerprint density at radius 1 is 0.765 bits per heavy atom. The minimum atomic E-state index is -1.14. The van der Waals surface area contributed by atoms with E-state index in [0.717, 1.165) is 4.43 Å². The van der Waals surface area contributed by atoms with Crippen LogP contribution >= 0.6 is 22.6 Å². The first kappa shape index (κ1) is 32.4. The van der Waals surface area contributed by atoms with Crippen molar-refractivity contribution in [1.29, 1.82) is 0 Å². The molecule has 1 atom stereocenters. The summed E-state index contributed by atoms with van der Waals surface area (Å²) < 4.78 is 21.8. The smallest absolute Gasteiger partial charge is 0.326 e. The fourth-order valence-electron chi connectivity index (χ4n) is 2.40. The summed E-state index contributed by atoms with van der Waals surface area (Å²) in [5.74, 6) is -2.21. The molecule has 0 aromatic heterocycles. The average molecular weight is 604 g/mol. The lowest BCUT2D eigenvalue weighted by Gasteiger charge is -2.14. The van der Waals surface area contributed by atoms with Crippen molar-refractivity contribution in [1.82, 2.24) is 16.0 Å². The highest BCUT2D eigenvalue weighted by molar-refractivity contribution is 14.1. The molecule has 0 heterocycles. The molecular weight excluding hydrogens is 567 g/mol. The number of amides is 3. The van der Waals surface area contributed by atoms with Gasteiger partial charge in [0.15, 0.2) is 0 Å². The van der Waals surface area contributed by atoms with Gasteiger partial charge < -0.3 is 45.7 Å². The minimum Gasteiger partial charge on any atom is -0.480 e. The SMILES string of the molecule is NCC(=O)NCCCCC(NC(=O)COCCOCCNC(=O)COCCOCCI)C(=O)O. The molecule has 0 aliphatic carbocycles. The number of unbranched alkanes of at least 4 members (excludes halogenated alkanes) is 1. The number of halogens is 1. The lowest BCUT2D eigenvalue weighted by atomic mass is 10.1. The molecule has 0 aliphatic heterocycles. The second-order valence-corrected chi connectivity index (χ2v) is 7.96. The van der Waals surface area contributed by atoms with Crippen molar-refractivity contribution in [2.24, 2.45) is 5.73 Å². The van der Waals surface area contributed by atoms with Gasteiger partial charge >= 0.3 is 5.97 Å². The maximum Gasteiger partial charge on any atom is 0.326 e. The van der Waals surface area contributed by atoms with Crippen LogP contribution in [0.2, 0.25) is 0 Å². The quantitative estimate of drug-likeness (QED) is 0.0518. The Morgan fingerprint density at radius 2 is 1.35 bits per heavy atom. The number of carbonyl (C=O) groups is 4. The van der Waals surface area contributed by atoms with E-state index in [1.54, 1.807) is 0 Å². The second-order valence-electron chi connectivity index (χ2n) is 6.88. The van der Waals surface area contributed by atoms with Gasteiger partial charge in [-0.05, 0) is 19.3 Å². The summed E-state index contributed by atoms with van der Waals surface area (Å²) in [6.07, 6.45) is 1.30. The molecule has 34 heavy (non-hydrogen) atoms. The number of nitrogens with one attached hydrogen (secondary N) is 3. The van der Waals surface area contributed by atoms with Crippen LogP contribution in [0.4, 0.5) is 0 Å². The lowest BCUT2D eigenvalue weighted by molar-refractivity contribution is -0.142. The van der Waals surface area contributed by atoms with Gasteiger partial charge in [-0.15, -0.1) is 0 Å². The van der Waals surface area contributed by atoms with Crippen molar-refractivity contribution in [3.05, 3.63) is 0 Å². The number of hydrogen-bond donors (Lipinski definition) is 5. The Labute approximate surface area is 213 Å². The van der Waals surface area contributed by atoms with Crippen molar-refractivity contribution >= 4 is 46.3 Å². The molecule has 0 saturated carbocycles. The molecule has 0 bridgehead atoms. The molecule has 13 nitrogen and oxygen atoms in total. The van der Waals surface area contributed by atoms with Gasteiger partial charge in [-0.25, -0.2) is 4.79 Å². The van der Waals surface area contributed by atoms with E-state index in [1.165, 1.54) is 0 Å². The van der Waals surface area contributed by atoms with Gasteiger partial charge in [0, 0.05) is 17.5 Å². The third kappa shape index (κ3) is 21.0. The molecule has 0 aromatic rings. The molecule has 0 rings (SSSR count). The molecule has 198 valence electrons. The molecule has 0 saturated heterocycles. The van der Waals surface area contributed by atoms with Crippen LogP contribution in [0, 0.1) is 0 Å². The zero-order valence-corrected chi connectivity index (χ0v) is 21.5. The summed E-state index contributed by atoms with van der Waals surface area (Å²) in [5, 5.41) is 16.9. The van der Waals surface area contributed by atoms with Gasteiger partial charge in [-0.3, -0.25) is 14.4 Å². The van der Waals surface area contributed by atoms with Crippen molar-refractivity contribution in [3.8, 4) is 0 Å². The number of nitrogens with two attached hydrogens (primary N) is 1. The molecule has 0 spiro atoms. The number of carboxylic acid groups (broad SMARTS) is 1. The predicted octanol–water partition coefficient (Wildman–Crippen LogP) is -1.58. The van der Waals surface area contributed by atoms with E-state index in [2.05, 4.69) is 38.5 Å². The summed E-state index contributed by atoms with van der Waals surface area (Å²) in [6, 6.07) is -1.03. The van der Waals surface area contributed by atoms with Crippen LogP contribution in [0.1, 0.15) is 19.3 Å². The molecule has 3 amide bonds. The van der Waals surface area contributed by atoms with E-state index in [1.807, 2.05) is 0 Å². The van der Waals surface area contributed by atoms with Gasteiger partial charge in [-0.2, -0.15) is 0 Å². The van der Waals surface area contributed by atoms with Crippen LogP contribution < -0.4 is 21.7 Å². The number of ether oxygens (including phenoxy) is 4. The highest BCUT2D eigenvalue weighted by atomic mass is 127. The molecule has 0 fully saturated rings. The zero-order valence-electron chi connectivity index (χ0n) is 19.4. The fraction of sp³-hybridized carbons (Fsp3) is 0.800. The summed E-state index contributed by atoms with van der Waals surface area (Å²) in [5.41, 5.74) is 5.17. The first-order valence-corrected chi connectivity index (χ1v) is 12.6. The predicted molar refractivity (Wildman–Crippen MR) is 131 cm³/mol. The number of alkyl halides is 1. The first-order chi connectivity index (χ1) is 16.4. The van der Waals surface area contributed by atoms with E-state index >= 15 is 0 Å². The third-order valence-corrected chi connectivity index (χ3v) is 4.50. The van der Waals surface area contributed by atoms with Crippen molar-refractivity contribution < 1.29 is 43.2 Å². The van der Waals surface area contributed by atoms with E-state index in [4.69, 9.17) is 24.7 Å². The number of carbonyl (C=O) groups excluding carboxylic acids is 3. The van der Waals surface area contributed by atoms with Crippen molar-refractivity contribution in [2.45, 2.75) is 25.3 Å². The highest BCUT2D eigenvalue weighted by Gasteiger charge is 2.19. The number of hydrogen-bond acceptors (Lipinski definition) is 9. The number of aliphatic carboxylic acids is 1. The van der Waals surface area contributed by atoms with E-state index < -0.39 is 17.9 Å². The maximum atomic E-state index is 11.9. The first-order valence-electron chi connectivity index (χ1n) is 11.0. The summed E-state index contributed by atoms with van der Waals surface area (Å²) >= 11 is 2.21. The van der Waals surface area contributed by atoms with Crippen LogP contribution in [0.15, 0.2) is 0 Å². The second kappa shape index (κ2) is 23.2. The van der Waals surface area contributed by atoms with E-state index in [-0.39, 0.29) is 57.8 Å². The van der Waals surface area contributed by atoms with Gasteiger partial charge in [0.05, 0.1) is 46.2 Å². The number of rotatable bonds is 23. The van der Waals surface area contributed by atoms with E-state index in [0.29, 0.717) is 45.8 Å². The molecule has 1 unspecified atom stereocenters. The van der Waals surface area contributed by atoms with Crippen LogP contribution in [0.5, 0.6) is 0 Å². The molecule has 0 aromatic carbocycles. The Morgan fingerprint density at radius 3 is 1.97 bits per heavy atom. The van der Waals surface area contributed by atoms with Gasteiger partial charge in [-0.1, -0.05) is 22.6 Å². The van der Waals surface area contributed by atoms with Crippen LogP contribution in [-0.4, -0.2) is 112 Å². The normalized spacial score (nSPS) is 11.6. The van der Waals surface area contributed by atoms with Crippen molar-refractivity contribution in [2.75, 3.05) is 76.9 Å². The Bertz CT molecular complexity index is 584. The molecule has 14 heteroatoms. The molecule has 6 N–H and O–H groups in total. The van der Waals surface area contributed by atoms with Crippen LogP contribution in [0.3, 0.4) is 0 Å². The van der Waals surface area contributed by atoms with Crippen LogP contribution in [-0.2, 0) is 38.1 Å². The number of carboxylic acids is 1. The van der Waals surface area contributed by atoms with Gasteiger partial charge in [0.1, 0.15) is 19.3 Å². The summed E-state index contributed by atoms with van der Waals surface area (Å²) in [6.45, 7) is 2.35. The summed E-state index contributed by atoms with van der Waals surface area (Å²) in [4.78, 5) is 45.7. The van der Waals surface area contributed by atoms with Gasteiger partial charge in [0.25, 0.3) is 0 Å². The third-order valence-electron chi connectivity index (χ3n) is 4.06. The Hall–Kier alpha value is -1.59. The van der Waals surface area contributed by atoms with E-state index in [9.17, 15) is 24.3 Å². The minimum absolute atomic E-state index is 0.0476. The largest absolute Gasteiger partial charge is 0.480 e. The summed E-state index contributed by atoms with van der Waals surface area (Å²) in [7, 11) is 0. The fourth-order valence-corrected chi connectivity index (χ4v) is 2.72. The topological polar surface area (TPSA) is 188 Å². The Kier molecular flexibility index (Phi) is 22.1. The van der Waals surface area contributed by atoms with Crippen molar-refractivity contribution in [3.63, 3.8) is 0 Å². The monoisotopic (exact) mass is 604 g/mol. The molecule has 0 aliphatic rings. The Balaban J connectivity index is 3.67. The standard InChI is InChI=1S/C20H37IN4O9/c21-4-7-31-9-11-33-14-18(27)24-6-8-32-10-12-34-15-19(28)25-16(20(29)30)3-1-2-5-23-17(26)13-22/h16H,1-15,22H2,(H,23,26)(H,24,27)(H,25,28)(H,29,30). The average Bonchev–Trinajstić information content (AvgIpc) is 2.81. The molecular formula is C20H37IN4O9. The van der Waals surface area contributed by atoms with Crippen LogP contribution in [0.25, 0.3) is 0 Å².